The molecule has 0 aromatic heterocycles. The predicted molar refractivity (Wildman–Crippen MR) is 74.1 cm³/mol. The molecule has 0 saturated heterocycles. The average Bonchev–Trinajstić information content (AvgIpc) is 2.89. The molecule has 1 N–H and O–H groups in total. The minimum Gasteiger partial charge on any atom is -0.480 e. The van der Waals surface area contributed by atoms with Crippen molar-refractivity contribution in [1.82, 2.24) is 9.80 Å². The maximum Gasteiger partial charge on any atom is 0.323 e. The summed E-state index contributed by atoms with van der Waals surface area (Å²) in [6.45, 7) is 6.28. The standard InChI is InChI=1S/C14H26N2O3/c1-4-11(3)16(10-13(17)18)14(19)15(5-2)12-8-6-7-9-12/h11-12H,4-10H2,1-3H3,(H,17,18). The van der Waals surface area contributed by atoms with Gasteiger partial charge in [0.2, 0.25) is 0 Å². The maximum atomic E-state index is 12.6. The van der Waals surface area contributed by atoms with Crippen molar-refractivity contribution in [3.8, 4) is 0 Å². The van der Waals surface area contributed by atoms with Crippen LogP contribution in [0, 0.1) is 0 Å². The van der Waals surface area contributed by atoms with Gasteiger partial charge in [0.15, 0.2) is 0 Å². The lowest BCUT2D eigenvalue weighted by Crippen LogP contribution is -2.51. The van der Waals surface area contributed by atoms with Gasteiger partial charge in [0.25, 0.3) is 0 Å². The van der Waals surface area contributed by atoms with E-state index in [1.807, 2.05) is 25.7 Å². The smallest absolute Gasteiger partial charge is 0.323 e. The van der Waals surface area contributed by atoms with E-state index in [1.165, 1.54) is 4.90 Å². The first-order chi connectivity index (χ1) is 9.01. The number of rotatable bonds is 6. The highest BCUT2D eigenvalue weighted by atomic mass is 16.4. The number of nitrogens with zero attached hydrogens (tertiary/aromatic N) is 2. The topological polar surface area (TPSA) is 60.9 Å². The lowest BCUT2D eigenvalue weighted by atomic mass is 10.2. The van der Waals surface area contributed by atoms with Gasteiger partial charge >= 0.3 is 12.0 Å². The minimum absolute atomic E-state index is 0.0425. The number of carboxylic acids is 1. The summed E-state index contributed by atoms with van der Waals surface area (Å²) in [6.07, 6.45) is 5.18. The van der Waals surface area contributed by atoms with Gasteiger partial charge in [-0.1, -0.05) is 19.8 Å². The molecule has 110 valence electrons. The van der Waals surface area contributed by atoms with E-state index < -0.39 is 5.97 Å². The SMILES string of the molecule is CCC(C)N(CC(=O)O)C(=O)N(CC)C1CCCC1. The third-order valence-electron chi connectivity index (χ3n) is 4.03. The third-order valence-corrected chi connectivity index (χ3v) is 4.03. The zero-order chi connectivity index (χ0) is 14.4. The quantitative estimate of drug-likeness (QED) is 0.807. The summed E-state index contributed by atoms with van der Waals surface area (Å²) >= 11 is 0. The number of carboxylic acid groups (broad SMARTS) is 1. The monoisotopic (exact) mass is 270 g/mol. The van der Waals surface area contributed by atoms with E-state index in [0.717, 1.165) is 32.1 Å². The molecule has 1 aliphatic carbocycles. The van der Waals surface area contributed by atoms with Gasteiger partial charge in [-0.15, -0.1) is 0 Å². The number of hydrogen-bond acceptors (Lipinski definition) is 2. The van der Waals surface area contributed by atoms with Crippen LogP contribution in [0.25, 0.3) is 0 Å². The van der Waals surface area contributed by atoms with Gasteiger partial charge in [0.1, 0.15) is 6.54 Å². The molecule has 5 nitrogen and oxygen atoms in total. The lowest BCUT2D eigenvalue weighted by Gasteiger charge is -2.36. The van der Waals surface area contributed by atoms with Crippen LogP contribution in [0.4, 0.5) is 4.79 Å². The summed E-state index contributed by atoms with van der Waals surface area (Å²) in [4.78, 5) is 26.9. The summed E-state index contributed by atoms with van der Waals surface area (Å²) in [5.74, 6) is -0.948. The van der Waals surface area contributed by atoms with Crippen molar-refractivity contribution >= 4 is 12.0 Å². The minimum atomic E-state index is -0.948. The van der Waals surface area contributed by atoms with Crippen molar-refractivity contribution in [1.29, 1.82) is 0 Å². The Hall–Kier alpha value is -1.26. The van der Waals surface area contributed by atoms with Crippen molar-refractivity contribution in [2.24, 2.45) is 0 Å². The molecule has 5 heteroatoms. The first-order valence-electron chi connectivity index (χ1n) is 7.30. The maximum absolute atomic E-state index is 12.6. The first kappa shape index (κ1) is 15.8. The van der Waals surface area contributed by atoms with Crippen LogP contribution >= 0.6 is 0 Å². The third kappa shape index (κ3) is 4.11. The Morgan fingerprint density at radius 3 is 2.26 bits per heavy atom. The number of aliphatic carboxylic acids is 1. The van der Waals surface area contributed by atoms with Crippen LogP contribution in [0.15, 0.2) is 0 Å². The highest BCUT2D eigenvalue weighted by Crippen LogP contribution is 2.24. The van der Waals surface area contributed by atoms with E-state index in [0.29, 0.717) is 6.54 Å². The fourth-order valence-corrected chi connectivity index (χ4v) is 2.71. The molecule has 19 heavy (non-hydrogen) atoms. The van der Waals surface area contributed by atoms with Gasteiger partial charge in [-0.25, -0.2) is 4.79 Å². The molecule has 0 aliphatic heterocycles. The van der Waals surface area contributed by atoms with Crippen molar-refractivity contribution < 1.29 is 14.7 Å². The molecule has 0 aromatic rings. The zero-order valence-electron chi connectivity index (χ0n) is 12.3. The molecule has 1 saturated carbocycles. The van der Waals surface area contributed by atoms with Crippen LogP contribution in [-0.2, 0) is 4.79 Å². The van der Waals surface area contributed by atoms with E-state index in [4.69, 9.17) is 5.11 Å². The summed E-state index contributed by atoms with van der Waals surface area (Å²) < 4.78 is 0. The van der Waals surface area contributed by atoms with Gasteiger partial charge in [-0.3, -0.25) is 4.79 Å². The van der Waals surface area contributed by atoms with Gasteiger partial charge in [0.05, 0.1) is 0 Å². The van der Waals surface area contributed by atoms with E-state index in [9.17, 15) is 9.59 Å². The molecule has 1 rings (SSSR count). The van der Waals surface area contributed by atoms with Gasteiger partial charge in [-0.05, 0) is 33.1 Å². The number of hydrogen-bond donors (Lipinski definition) is 1. The van der Waals surface area contributed by atoms with Crippen LogP contribution < -0.4 is 0 Å². The van der Waals surface area contributed by atoms with Crippen molar-refractivity contribution in [2.45, 2.75) is 65.0 Å². The first-order valence-corrected chi connectivity index (χ1v) is 7.30. The molecule has 1 atom stereocenters. The largest absolute Gasteiger partial charge is 0.480 e. The summed E-state index contributed by atoms with van der Waals surface area (Å²) in [5, 5.41) is 8.98. The Bertz CT molecular complexity index is 314. The van der Waals surface area contributed by atoms with Crippen LogP contribution in [0.2, 0.25) is 0 Å². The molecule has 0 spiro atoms. The van der Waals surface area contributed by atoms with Gasteiger partial charge < -0.3 is 14.9 Å². The summed E-state index contributed by atoms with van der Waals surface area (Å²) in [6, 6.07) is 0.128. The van der Waals surface area contributed by atoms with Crippen molar-refractivity contribution in [3.05, 3.63) is 0 Å². The fourth-order valence-electron chi connectivity index (χ4n) is 2.71. The van der Waals surface area contributed by atoms with E-state index in [1.54, 1.807) is 0 Å². The van der Waals surface area contributed by atoms with Crippen LogP contribution in [-0.4, -0.2) is 52.1 Å². The molecule has 2 amide bonds. The number of urea groups is 1. The molecule has 0 bridgehead atoms. The molecule has 1 aliphatic rings. The molecule has 0 aromatic carbocycles. The highest BCUT2D eigenvalue weighted by molar-refractivity contribution is 5.80. The number of carbonyl (C=O) groups excluding carboxylic acids is 1. The average molecular weight is 270 g/mol. The van der Waals surface area contributed by atoms with E-state index in [-0.39, 0.29) is 24.7 Å². The van der Waals surface area contributed by atoms with Crippen LogP contribution in [0.5, 0.6) is 0 Å². The van der Waals surface area contributed by atoms with Crippen LogP contribution in [0.3, 0.4) is 0 Å². The highest BCUT2D eigenvalue weighted by Gasteiger charge is 2.31. The second-order valence-corrected chi connectivity index (χ2v) is 5.29. The Morgan fingerprint density at radius 1 is 1.26 bits per heavy atom. The Morgan fingerprint density at radius 2 is 1.84 bits per heavy atom. The number of carbonyl (C=O) groups is 2. The Labute approximate surface area is 115 Å². The molecular formula is C14H26N2O3. The molecule has 1 unspecified atom stereocenters. The van der Waals surface area contributed by atoms with Crippen molar-refractivity contribution in [2.75, 3.05) is 13.1 Å². The zero-order valence-corrected chi connectivity index (χ0v) is 12.3. The summed E-state index contributed by atoms with van der Waals surface area (Å²) in [7, 11) is 0. The fraction of sp³-hybridized carbons (Fsp3) is 0.857. The van der Waals surface area contributed by atoms with E-state index in [2.05, 4.69) is 0 Å². The normalized spacial score (nSPS) is 17.2. The molecular weight excluding hydrogens is 244 g/mol. The second-order valence-electron chi connectivity index (χ2n) is 5.29. The molecule has 0 radical (unpaired) electrons. The second kappa shape index (κ2) is 7.36. The van der Waals surface area contributed by atoms with E-state index >= 15 is 0 Å². The molecule has 1 fully saturated rings. The lowest BCUT2D eigenvalue weighted by molar-refractivity contribution is -0.138. The number of amides is 2. The van der Waals surface area contributed by atoms with Gasteiger partial charge in [0, 0.05) is 18.6 Å². The van der Waals surface area contributed by atoms with Crippen molar-refractivity contribution in [3.63, 3.8) is 0 Å². The molecule has 0 heterocycles. The Balaban J connectivity index is 2.79. The summed E-state index contributed by atoms with van der Waals surface area (Å²) in [5.41, 5.74) is 0. The van der Waals surface area contributed by atoms with Crippen LogP contribution in [0.1, 0.15) is 52.9 Å². The Kier molecular flexibility index (Phi) is 6.12. The predicted octanol–water partition coefficient (Wildman–Crippen LogP) is 2.56. The van der Waals surface area contributed by atoms with Gasteiger partial charge in [-0.2, -0.15) is 0 Å².